The molecule has 24 heavy (non-hydrogen) atoms. The van der Waals surface area contributed by atoms with E-state index in [1.165, 1.54) is 26.2 Å². The van der Waals surface area contributed by atoms with Crippen LogP contribution in [0.2, 0.25) is 0 Å². The largest absolute Gasteiger partial charge is 0.459 e. The lowest BCUT2D eigenvalue weighted by Crippen LogP contribution is -2.24. The molecule has 5 heteroatoms. The Bertz CT molecular complexity index is 431. The fourth-order valence-corrected chi connectivity index (χ4v) is 3.23. The van der Waals surface area contributed by atoms with Crippen LogP contribution in [-0.2, 0) is 23.8 Å². The minimum Gasteiger partial charge on any atom is -0.459 e. The maximum absolute atomic E-state index is 11.3. The molecule has 0 N–H and O–H groups in total. The molecule has 0 aromatic carbocycles. The van der Waals surface area contributed by atoms with E-state index in [0.29, 0.717) is 18.1 Å². The molecule has 0 spiro atoms. The van der Waals surface area contributed by atoms with Gasteiger partial charge in [0.2, 0.25) is 0 Å². The number of hydrogen-bond donors (Lipinski definition) is 0. The highest BCUT2D eigenvalue weighted by molar-refractivity contribution is 5.87. The second kappa shape index (κ2) is 10.5. The van der Waals surface area contributed by atoms with E-state index in [1.807, 2.05) is 0 Å². The highest BCUT2D eigenvalue weighted by Gasteiger charge is 2.41. The fourth-order valence-electron chi connectivity index (χ4n) is 3.23. The third kappa shape index (κ3) is 7.47. The second-order valence-electron chi connectivity index (χ2n) is 6.80. The van der Waals surface area contributed by atoms with Crippen molar-refractivity contribution in [1.29, 1.82) is 0 Å². The van der Waals surface area contributed by atoms with Crippen molar-refractivity contribution in [3.8, 4) is 0 Å². The van der Waals surface area contributed by atoms with Gasteiger partial charge in [0.15, 0.2) is 6.29 Å². The van der Waals surface area contributed by atoms with Crippen molar-refractivity contribution in [2.45, 2.75) is 78.6 Å². The van der Waals surface area contributed by atoms with Crippen molar-refractivity contribution < 1.29 is 23.8 Å². The van der Waals surface area contributed by atoms with Crippen LogP contribution >= 0.6 is 0 Å². The zero-order chi connectivity index (χ0) is 18.1. The van der Waals surface area contributed by atoms with Crippen molar-refractivity contribution in [2.75, 3.05) is 6.61 Å². The fraction of sp³-hybridized carbons (Fsp3) is 0.789. The van der Waals surface area contributed by atoms with Gasteiger partial charge in [0.05, 0.1) is 6.61 Å². The molecule has 0 aromatic rings. The van der Waals surface area contributed by atoms with Crippen molar-refractivity contribution >= 4 is 11.9 Å². The molecule has 2 aliphatic carbocycles. The first kappa shape index (κ1) is 20.7. The lowest BCUT2D eigenvalue weighted by atomic mass is 9.98. The summed E-state index contributed by atoms with van der Waals surface area (Å²) in [5, 5.41) is 0. The number of fused-ring (bicyclic) bond motifs is 2. The van der Waals surface area contributed by atoms with Crippen LogP contribution in [0, 0.1) is 11.8 Å². The lowest BCUT2D eigenvalue weighted by molar-refractivity contribution is -0.172. The van der Waals surface area contributed by atoms with Gasteiger partial charge in [-0.05, 0) is 57.8 Å². The van der Waals surface area contributed by atoms with E-state index in [-0.39, 0.29) is 18.0 Å². The predicted molar refractivity (Wildman–Crippen MR) is 92.2 cm³/mol. The summed E-state index contributed by atoms with van der Waals surface area (Å²) in [6.45, 7) is 11.1. The molecular formula is C19H32O5. The Labute approximate surface area is 145 Å². The number of carbonyl (C=O) groups excluding carboxylic acids is 2. The van der Waals surface area contributed by atoms with E-state index >= 15 is 0 Å². The summed E-state index contributed by atoms with van der Waals surface area (Å²) < 4.78 is 15.3. The van der Waals surface area contributed by atoms with Crippen molar-refractivity contribution in [2.24, 2.45) is 11.8 Å². The van der Waals surface area contributed by atoms with E-state index < -0.39 is 6.29 Å². The molecule has 0 aliphatic heterocycles. The van der Waals surface area contributed by atoms with Gasteiger partial charge in [-0.15, -0.1) is 0 Å². The zero-order valence-corrected chi connectivity index (χ0v) is 15.5. The van der Waals surface area contributed by atoms with Gasteiger partial charge in [-0.3, -0.25) is 4.79 Å². The van der Waals surface area contributed by atoms with Gasteiger partial charge in [0.1, 0.15) is 6.10 Å². The molecule has 2 fully saturated rings. The van der Waals surface area contributed by atoms with Crippen LogP contribution in [0.4, 0.5) is 0 Å². The summed E-state index contributed by atoms with van der Waals surface area (Å²) in [6.07, 6.45) is 6.84. The van der Waals surface area contributed by atoms with Gasteiger partial charge in [0.25, 0.3) is 0 Å². The number of hydrogen-bond acceptors (Lipinski definition) is 5. The molecular weight excluding hydrogens is 308 g/mol. The van der Waals surface area contributed by atoms with E-state index in [2.05, 4.69) is 13.5 Å². The molecule has 5 nitrogen and oxygen atoms in total. The molecule has 0 amide bonds. The van der Waals surface area contributed by atoms with Gasteiger partial charge >= 0.3 is 11.9 Å². The first-order chi connectivity index (χ1) is 11.3. The number of rotatable bonds is 7. The van der Waals surface area contributed by atoms with Gasteiger partial charge < -0.3 is 14.2 Å². The molecule has 2 aliphatic rings. The van der Waals surface area contributed by atoms with Crippen LogP contribution in [-0.4, -0.2) is 30.9 Å². The Balaban J connectivity index is 0.000000245. The van der Waals surface area contributed by atoms with Gasteiger partial charge in [-0.1, -0.05) is 19.9 Å². The number of unbranched alkanes of at least 4 members (excludes halogenated alkanes) is 1. The van der Waals surface area contributed by atoms with Crippen molar-refractivity contribution in [3.63, 3.8) is 0 Å². The number of ether oxygens (including phenoxy) is 3. The molecule has 4 unspecified atom stereocenters. The molecule has 0 saturated heterocycles. The van der Waals surface area contributed by atoms with Crippen LogP contribution in [0.5, 0.6) is 0 Å². The van der Waals surface area contributed by atoms with Crippen LogP contribution in [0.25, 0.3) is 0 Å². The molecule has 0 radical (unpaired) electrons. The Kier molecular flexibility index (Phi) is 9.04. The summed E-state index contributed by atoms with van der Waals surface area (Å²) in [4.78, 5) is 21.6. The maximum atomic E-state index is 11.3. The summed E-state index contributed by atoms with van der Waals surface area (Å²) in [7, 11) is 0. The quantitative estimate of drug-likeness (QED) is 0.303. The third-order valence-corrected chi connectivity index (χ3v) is 4.46. The minimum absolute atomic E-state index is 0.197. The topological polar surface area (TPSA) is 61.8 Å². The third-order valence-electron chi connectivity index (χ3n) is 4.46. The van der Waals surface area contributed by atoms with Gasteiger partial charge in [-0.25, -0.2) is 4.79 Å². The summed E-state index contributed by atoms with van der Waals surface area (Å²) in [6, 6.07) is 0. The average Bonchev–Trinajstić information content (AvgIpc) is 3.10. The molecule has 0 heterocycles. The highest BCUT2D eigenvalue weighted by Crippen LogP contribution is 2.45. The number of carbonyl (C=O) groups is 2. The molecule has 0 aromatic heterocycles. The average molecular weight is 340 g/mol. The van der Waals surface area contributed by atoms with E-state index in [9.17, 15) is 9.59 Å². The van der Waals surface area contributed by atoms with Crippen LogP contribution < -0.4 is 0 Å². The Morgan fingerprint density at radius 3 is 2.38 bits per heavy atom. The molecule has 2 rings (SSSR count). The second-order valence-corrected chi connectivity index (χ2v) is 6.80. The standard InChI is InChI=1S/C11H16O2.C8H16O3/c1-7(2)11(12)13-10-6-8-3-4-9(10)5-8;1-4-5-6-10-8(3)11-7(2)9/h8-10H,1,3-6H2,2H3;8H,4-6H2,1-3H3. The monoisotopic (exact) mass is 340 g/mol. The van der Waals surface area contributed by atoms with Crippen LogP contribution in [0.3, 0.4) is 0 Å². The normalized spacial score (nSPS) is 25.4. The van der Waals surface area contributed by atoms with Gasteiger partial charge in [-0.2, -0.15) is 0 Å². The molecule has 2 bridgehead atoms. The summed E-state index contributed by atoms with van der Waals surface area (Å²) in [5.74, 6) is 0.966. The maximum Gasteiger partial charge on any atom is 0.333 e. The van der Waals surface area contributed by atoms with E-state index in [4.69, 9.17) is 14.2 Å². The Morgan fingerprint density at radius 2 is 1.92 bits per heavy atom. The lowest BCUT2D eigenvalue weighted by Gasteiger charge is -2.21. The van der Waals surface area contributed by atoms with E-state index in [0.717, 1.165) is 25.2 Å². The van der Waals surface area contributed by atoms with Crippen molar-refractivity contribution in [3.05, 3.63) is 12.2 Å². The highest BCUT2D eigenvalue weighted by atomic mass is 16.7. The summed E-state index contributed by atoms with van der Waals surface area (Å²) in [5.41, 5.74) is 0.516. The van der Waals surface area contributed by atoms with Crippen molar-refractivity contribution in [1.82, 2.24) is 0 Å². The Morgan fingerprint density at radius 1 is 1.21 bits per heavy atom. The molecule has 4 atom stereocenters. The number of esters is 2. The predicted octanol–water partition coefficient (Wildman–Crippen LogP) is 4.01. The Hall–Kier alpha value is -1.36. The minimum atomic E-state index is -0.404. The smallest absolute Gasteiger partial charge is 0.333 e. The zero-order valence-electron chi connectivity index (χ0n) is 15.5. The van der Waals surface area contributed by atoms with Crippen LogP contribution in [0.15, 0.2) is 12.2 Å². The first-order valence-corrected chi connectivity index (χ1v) is 8.98. The first-order valence-electron chi connectivity index (χ1n) is 8.98. The molecule has 2 saturated carbocycles. The SMILES string of the molecule is C=C(C)C(=O)OC1CC2CCC1C2.CCCCOC(C)OC(C)=O. The molecule has 138 valence electrons. The summed E-state index contributed by atoms with van der Waals surface area (Å²) >= 11 is 0. The van der Waals surface area contributed by atoms with Crippen LogP contribution in [0.1, 0.15) is 66.2 Å². The van der Waals surface area contributed by atoms with E-state index in [1.54, 1.807) is 13.8 Å². The van der Waals surface area contributed by atoms with Gasteiger partial charge in [0, 0.05) is 12.5 Å².